The average molecular weight is 395 g/mol. The molecule has 5 heterocycles. The number of aromatic nitrogens is 4. The molecule has 8 nitrogen and oxygen atoms in total. The molecule has 0 aromatic carbocycles. The molecule has 4 aromatic rings. The standard InChI is InChI=1S/C21H25N5O3/c1-3-26-20-16(10-22-26)19(24-14-4-7-28-8-5-14)17(13(2)23-20)11-25-12-18-15(21(25)27)6-9-29-18/h6,9-10,12,14,27H,3-5,7-8,11H2,1-2H3,(H,23,24). The normalized spacial score (nSPS) is 15.5. The highest BCUT2D eigenvalue weighted by Gasteiger charge is 2.22. The first-order valence-corrected chi connectivity index (χ1v) is 10.1. The Labute approximate surface area is 168 Å². The molecular weight excluding hydrogens is 370 g/mol. The Kier molecular flexibility index (Phi) is 4.43. The second kappa shape index (κ2) is 7.11. The van der Waals surface area contributed by atoms with Crippen molar-refractivity contribution in [3.63, 3.8) is 0 Å². The van der Waals surface area contributed by atoms with E-state index in [9.17, 15) is 5.11 Å². The number of ether oxygens (including phenoxy) is 1. The van der Waals surface area contributed by atoms with E-state index < -0.39 is 0 Å². The van der Waals surface area contributed by atoms with Gasteiger partial charge in [-0.1, -0.05) is 0 Å². The maximum atomic E-state index is 10.6. The molecule has 0 spiro atoms. The Morgan fingerprint density at radius 3 is 2.86 bits per heavy atom. The molecule has 29 heavy (non-hydrogen) atoms. The van der Waals surface area contributed by atoms with Gasteiger partial charge in [-0.15, -0.1) is 0 Å². The highest BCUT2D eigenvalue weighted by atomic mass is 16.5. The second-order valence-corrected chi connectivity index (χ2v) is 7.56. The fourth-order valence-electron chi connectivity index (χ4n) is 4.13. The molecule has 0 atom stereocenters. The van der Waals surface area contributed by atoms with Crippen molar-refractivity contribution < 1.29 is 14.3 Å². The predicted octanol–water partition coefficient (Wildman–Crippen LogP) is 3.65. The number of nitrogens with one attached hydrogen (secondary N) is 1. The Bertz CT molecular complexity index is 1170. The second-order valence-electron chi connectivity index (χ2n) is 7.56. The molecule has 1 aliphatic rings. The van der Waals surface area contributed by atoms with Crippen molar-refractivity contribution in [2.24, 2.45) is 0 Å². The third-order valence-electron chi connectivity index (χ3n) is 5.77. The van der Waals surface area contributed by atoms with Gasteiger partial charge in [-0.2, -0.15) is 5.10 Å². The number of nitrogens with zero attached hydrogens (tertiary/aromatic N) is 4. The first kappa shape index (κ1) is 18.1. The molecule has 0 radical (unpaired) electrons. The van der Waals surface area contributed by atoms with E-state index in [1.165, 1.54) is 0 Å². The summed E-state index contributed by atoms with van der Waals surface area (Å²) >= 11 is 0. The lowest BCUT2D eigenvalue weighted by atomic mass is 10.0. The van der Waals surface area contributed by atoms with E-state index >= 15 is 0 Å². The molecular formula is C21H25N5O3. The van der Waals surface area contributed by atoms with Crippen LogP contribution in [0.15, 0.2) is 29.1 Å². The van der Waals surface area contributed by atoms with Gasteiger partial charge in [-0.3, -0.25) is 0 Å². The number of aromatic hydroxyl groups is 1. The van der Waals surface area contributed by atoms with Crippen LogP contribution in [0.25, 0.3) is 22.0 Å². The highest BCUT2D eigenvalue weighted by Crippen LogP contribution is 2.34. The predicted molar refractivity (Wildman–Crippen MR) is 110 cm³/mol. The number of hydrogen-bond acceptors (Lipinski definition) is 6. The van der Waals surface area contributed by atoms with Gasteiger partial charge < -0.3 is 24.1 Å². The maximum Gasteiger partial charge on any atom is 0.202 e. The molecule has 8 heteroatoms. The quantitative estimate of drug-likeness (QED) is 0.536. The highest BCUT2D eigenvalue weighted by molar-refractivity contribution is 5.91. The number of pyridine rings is 1. The zero-order chi connectivity index (χ0) is 20.0. The number of rotatable bonds is 5. The Morgan fingerprint density at radius 2 is 2.10 bits per heavy atom. The number of furan rings is 1. The van der Waals surface area contributed by atoms with Crippen molar-refractivity contribution in [3.05, 3.63) is 36.0 Å². The van der Waals surface area contributed by atoms with Crippen LogP contribution < -0.4 is 5.32 Å². The van der Waals surface area contributed by atoms with Gasteiger partial charge in [0.2, 0.25) is 5.88 Å². The maximum absolute atomic E-state index is 10.6. The van der Waals surface area contributed by atoms with Gasteiger partial charge in [-0.25, -0.2) is 9.67 Å². The van der Waals surface area contributed by atoms with Gasteiger partial charge >= 0.3 is 0 Å². The largest absolute Gasteiger partial charge is 0.494 e. The van der Waals surface area contributed by atoms with Crippen molar-refractivity contribution in [3.8, 4) is 5.88 Å². The summed E-state index contributed by atoms with van der Waals surface area (Å²) in [5.74, 6) is 0.203. The summed E-state index contributed by atoms with van der Waals surface area (Å²) in [7, 11) is 0. The fraction of sp³-hybridized carbons (Fsp3) is 0.429. The van der Waals surface area contributed by atoms with Crippen LogP contribution in [0.4, 0.5) is 5.69 Å². The van der Waals surface area contributed by atoms with Crippen molar-refractivity contribution in [1.29, 1.82) is 0 Å². The number of fused-ring (bicyclic) bond motifs is 2. The minimum absolute atomic E-state index is 0.203. The summed E-state index contributed by atoms with van der Waals surface area (Å²) in [6.45, 7) is 6.87. The minimum Gasteiger partial charge on any atom is -0.494 e. The number of aryl methyl sites for hydroxylation is 2. The molecule has 0 saturated carbocycles. The lowest BCUT2D eigenvalue weighted by Gasteiger charge is -2.26. The molecule has 1 fully saturated rings. The average Bonchev–Trinajstić information content (AvgIpc) is 3.42. The van der Waals surface area contributed by atoms with Crippen LogP contribution in [0.5, 0.6) is 5.88 Å². The zero-order valence-corrected chi connectivity index (χ0v) is 16.7. The van der Waals surface area contributed by atoms with Gasteiger partial charge in [0, 0.05) is 37.1 Å². The number of anilines is 1. The van der Waals surface area contributed by atoms with Gasteiger partial charge in [0.05, 0.1) is 41.7 Å². The van der Waals surface area contributed by atoms with Crippen LogP contribution in [-0.2, 0) is 17.8 Å². The molecule has 152 valence electrons. The third-order valence-corrected chi connectivity index (χ3v) is 5.77. The molecule has 0 bridgehead atoms. The summed E-state index contributed by atoms with van der Waals surface area (Å²) < 4.78 is 14.7. The SMILES string of the molecule is CCn1ncc2c(NC3CCOCC3)c(Cn3cc4occc4c3O)c(C)nc21. The molecule has 4 aromatic heterocycles. The van der Waals surface area contributed by atoms with E-state index in [1.807, 2.05) is 28.6 Å². The first-order valence-electron chi connectivity index (χ1n) is 10.1. The lowest BCUT2D eigenvalue weighted by molar-refractivity contribution is 0.0904. The zero-order valence-electron chi connectivity index (χ0n) is 16.7. The number of hydrogen-bond donors (Lipinski definition) is 2. The van der Waals surface area contributed by atoms with E-state index in [0.29, 0.717) is 18.2 Å². The third kappa shape index (κ3) is 3.04. The molecule has 5 rings (SSSR count). The summed E-state index contributed by atoms with van der Waals surface area (Å²) in [4.78, 5) is 4.84. The van der Waals surface area contributed by atoms with Crippen LogP contribution in [-0.4, -0.2) is 43.7 Å². The summed E-state index contributed by atoms with van der Waals surface area (Å²) in [6, 6.07) is 2.12. The van der Waals surface area contributed by atoms with Gasteiger partial charge in [0.1, 0.15) is 0 Å². The van der Waals surface area contributed by atoms with Gasteiger partial charge in [0.25, 0.3) is 0 Å². The Morgan fingerprint density at radius 1 is 1.28 bits per heavy atom. The molecule has 2 N–H and O–H groups in total. The molecule has 0 aliphatic carbocycles. The fourth-order valence-corrected chi connectivity index (χ4v) is 4.13. The van der Waals surface area contributed by atoms with Gasteiger partial charge in [0.15, 0.2) is 11.2 Å². The van der Waals surface area contributed by atoms with E-state index in [-0.39, 0.29) is 5.88 Å². The van der Waals surface area contributed by atoms with Gasteiger partial charge in [-0.05, 0) is 32.8 Å². The monoisotopic (exact) mass is 395 g/mol. The summed E-state index contributed by atoms with van der Waals surface area (Å²) in [5, 5.41) is 20.6. The smallest absolute Gasteiger partial charge is 0.202 e. The Balaban J connectivity index is 1.62. The lowest BCUT2D eigenvalue weighted by Crippen LogP contribution is -2.28. The van der Waals surface area contributed by atoms with E-state index in [1.54, 1.807) is 12.3 Å². The van der Waals surface area contributed by atoms with Crippen molar-refractivity contribution in [2.45, 2.75) is 45.8 Å². The van der Waals surface area contributed by atoms with E-state index in [0.717, 1.165) is 66.0 Å². The van der Waals surface area contributed by atoms with E-state index in [4.69, 9.17) is 14.1 Å². The Hall–Kier alpha value is -3.00. The molecule has 0 amide bonds. The topological polar surface area (TPSA) is 90.3 Å². The summed E-state index contributed by atoms with van der Waals surface area (Å²) in [5.41, 5.74) is 4.57. The van der Waals surface area contributed by atoms with E-state index in [2.05, 4.69) is 17.3 Å². The minimum atomic E-state index is 0.203. The van der Waals surface area contributed by atoms with Crippen LogP contribution in [0.1, 0.15) is 31.0 Å². The molecule has 1 saturated heterocycles. The van der Waals surface area contributed by atoms with Crippen LogP contribution in [0.3, 0.4) is 0 Å². The molecule has 0 unspecified atom stereocenters. The summed E-state index contributed by atoms with van der Waals surface area (Å²) in [6.07, 6.45) is 7.24. The molecule has 1 aliphatic heterocycles. The van der Waals surface area contributed by atoms with Crippen molar-refractivity contribution in [2.75, 3.05) is 18.5 Å². The van der Waals surface area contributed by atoms with Crippen LogP contribution >= 0.6 is 0 Å². The van der Waals surface area contributed by atoms with Crippen molar-refractivity contribution in [1.82, 2.24) is 19.3 Å². The van der Waals surface area contributed by atoms with Crippen LogP contribution in [0.2, 0.25) is 0 Å². The van der Waals surface area contributed by atoms with Crippen LogP contribution in [0, 0.1) is 6.92 Å². The first-order chi connectivity index (χ1) is 14.2. The van der Waals surface area contributed by atoms with Crippen molar-refractivity contribution >= 4 is 27.7 Å².